The molecule has 0 fully saturated rings. The first kappa shape index (κ1) is 19.3. The molecule has 0 atom stereocenters. The van der Waals surface area contributed by atoms with Gasteiger partial charge in [-0.1, -0.05) is 0 Å². The largest absolute Gasteiger partial charge is 0.494 e. The minimum atomic E-state index is -0.675. The van der Waals surface area contributed by atoms with Gasteiger partial charge in [0.2, 0.25) is 5.91 Å². The van der Waals surface area contributed by atoms with Crippen molar-refractivity contribution in [2.24, 2.45) is 0 Å². The second kappa shape index (κ2) is 10.1. The standard InChI is InChI=1S/C16H22N2O6/c1-4-22-12-5-7-13(8-6-12)23-11-16(21)24-10-15(20)18(3)9-14(19)17-2/h5-8H,4,9-11H2,1-3H3,(H,17,19). The fraction of sp³-hybridized carbons (Fsp3) is 0.438. The highest BCUT2D eigenvalue weighted by Gasteiger charge is 2.14. The molecule has 8 heteroatoms. The van der Waals surface area contributed by atoms with Crippen molar-refractivity contribution in [1.29, 1.82) is 0 Å². The van der Waals surface area contributed by atoms with Crippen molar-refractivity contribution in [2.45, 2.75) is 6.92 Å². The highest BCUT2D eigenvalue weighted by molar-refractivity contribution is 5.86. The highest BCUT2D eigenvalue weighted by atomic mass is 16.6. The SMILES string of the molecule is CCOc1ccc(OCC(=O)OCC(=O)N(C)CC(=O)NC)cc1. The number of carbonyl (C=O) groups is 3. The molecule has 132 valence electrons. The molecule has 2 amide bonds. The van der Waals surface area contributed by atoms with Crippen LogP contribution in [0, 0.1) is 0 Å². The van der Waals surface area contributed by atoms with E-state index in [4.69, 9.17) is 14.2 Å². The Bertz CT molecular complexity index is 558. The first-order chi connectivity index (χ1) is 11.5. The number of likely N-dealkylation sites (N-methyl/N-ethyl adjacent to an activating group) is 2. The number of nitrogens with one attached hydrogen (secondary N) is 1. The van der Waals surface area contributed by atoms with Crippen molar-refractivity contribution in [3.63, 3.8) is 0 Å². The van der Waals surface area contributed by atoms with Gasteiger partial charge in [0, 0.05) is 14.1 Å². The van der Waals surface area contributed by atoms with Gasteiger partial charge in [0.25, 0.3) is 5.91 Å². The Labute approximate surface area is 140 Å². The summed E-state index contributed by atoms with van der Waals surface area (Å²) in [6.07, 6.45) is 0. The molecule has 0 aromatic heterocycles. The third-order valence-electron chi connectivity index (χ3n) is 2.93. The monoisotopic (exact) mass is 338 g/mol. The van der Waals surface area contributed by atoms with Crippen molar-refractivity contribution < 1.29 is 28.6 Å². The lowest BCUT2D eigenvalue weighted by atomic mass is 10.3. The molecule has 0 aliphatic heterocycles. The summed E-state index contributed by atoms with van der Waals surface area (Å²) in [4.78, 5) is 35.6. The second-order valence-corrected chi connectivity index (χ2v) is 4.78. The normalized spacial score (nSPS) is 9.79. The summed E-state index contributed by atoms with van der Waals surface area (Å²) in [5, 5.41) is 2.40. The van der Waals surface area contributed by atoms with Crippen molar-refractivity contribution in [1.82, 2.24) is 10.2 Å². The molecule has 1 aromatic rings. The van der Waals surface area contributed by atoms with Crippen molar-refractivity contribution in [2.75, 3.05) is 40.5 Å². The van der Waals surface area contributed by atoms with Gasteiger partial charge in [0.15, 0.2) is 13.2 Å². The van der Waals surface area contributed by atoms with Gasteiger partial charge in [-0.15, -0.1) is 0 Å². The minimum absolute atomic E-state index is 0.102. The number of amides is 2. The molecular weight excluding hydrogens is 316 g/mol. The summed E-state index contributed by atoms with van der Waals surface area (Å²) in [5.74, 6) is -0.273. The third-order valence-corrected chi connectivity index (χ3v) is 2.93. The molecule has 8 nitrogen and oxygen atoms in total. The third kappa shape index (κ3) is 6.99. The Morgan fingerprint density at radius 2 is 1.62 bits per heavy atom. The van der Waals surface area contributed by atoms with E-state index < -0.39 is 18.5 Å². The zero-order valence-corrected chi connectivity index (χ0v) is 14.0. The Hall–Kier alpha value is -2.77. The van der Waals surface area contributed by atoms with Crippen LogP contribution < -0.4 is 14.8 Å². The molecule has 1 aromatic carbocycles. The summed E-state index contributed by atoms with van der Waals surface area (Å²) in [6, 6.07) is 6.78. The van der Waals surface area contributed by atoms with Gasteiger partial charge in [0.05, 0.1) is 13.2 Å². The predicted molar refractivity (Wildman–Crippen MR) is 85.8 cm³/mol. The van der Waals surface area contributed by atoms with E-state index in [1.54, 1.807) is 24.3 Å². The number of hydrogen-bond donors (Lipinski definition) is 1. The van der Waals surface area contributed by atoms with Crippen molar-refractivity contribution in [3.05, 3.63) is 24.3 Å². The van der Waals surface area contributed by atoms with Crippen LogP contribution in [0.25, 0.3) is 0 Å². The Balaban J connectivity index is 2.30. The van der Waals surface area contributed by atoms with Crippen LogP contribution in [0.1, 0.15) is 6.92 Å². The number of carbonyl (C=O) groups excluding carboxylic acids is 3. The summed E-state index contributed by atoms with van der Waals surface area (Å²) < 4.78 is 15.4. The number of hydrogen-bond acceptors (Lipinski definition) is 6. The minimum Gasteiger partial charge on any atom is -0.494 e. The van der Waals surface area contributed by atoms with Gasteiger partial charge >= 0.3 is 5.97 Å². The molecule has 1 N–H and O–H groups in total. The highest BCUT2D eigenvalue weighted by Crippen LogP contribution is 2.17. The van der Waals surface area contributed by atoms with E-state index in [-0.39, 0.29) is 19.1 Å². The topological polar surface area (TPSA) is 94.2 Å². The van der Waals surface area contributed by atoms with E-state index in [0.717, 1.165) is 0 Å². The molecule has 0 saturated heterocycles. The zero-order chi connectivity index (χ0) is 17.9. The lowest BCUT2D eigenvalue weighted by Crippen LogP contribution is -2.39. The van der Waals surface area contributed by atoms with Crippen LogP contribution in [0.4, 0.5) is 0 Å². The zero-order valence-electron chi connectivity index (χ0n) is 14.0. The number of nitrogens with zero attached hydrogens (tertiary/aromatic N) is 1. The molecule has 0 aliphatic rings. The van der Waals surface area contributed by atoms with Crippen LogP contribution in [0.15, 0.2) is 24.3 Å². The summed E-state index contributed by atoms with van der Waals surface area (Å²) >= 11 is 0. The summed E-state index contributed by atoms with van der Waals surface area (Å²) in [6.45, 7) is 1.58. The molecule has 0 spiro atoms. The maximum Gasteiger partial charge on any atom is 0.344 e. The number of rotatable bonds is 9. The van der Waals surface area contributed by atoms with E-state index in [1.165, 1.54) is 19.0 Å². The first-order valence-corrected chi connectivity index (χ1v) is 7.42. The second-order valence-electron chi connectivity index (χ2n) is 4.78. The fourth-order valence-electron chi connectivity index (χ4n) is 1.62. The van der Waals surface area contributed by atoms with E-state index in [1.807, 2.05) is 6.92 Å². The number of esters is 1. The molecule has 0 heterocycles. The van der Waals surface area contributed by atoms with Crippen LogP contribution in [0.3, 0.4) is 0 Å². The number of benzene rings is 1. The van der Waals surface area contributed by atoms with E-state index >= 15 is 0 Å². The molecule has 0 aliphatic carbocycles. The lowest BCUT2D eigenvalue weighted by molar-refractivity contribution is -0.153. The average molecular weight is 338 g/mol. The molecule has 24 heavy (non-hydrogen) atoms. The Kier molecular flexibility index (Phi) is 8.10. The van der Waals surface area contributed by atoms with Gasteiger partial charge in [-0.2, -0.15) is 0 Å². The lowest BCUT2D eigenvalue weighted by Gasteiger charge is -2.16. The van der Waals surface area contributed by atoms with Crippen molar-refractivity contribution in [3.8, 4) is 11.5 Å². The fourth-order valence-corrected chi connectivity index (χ4v) is 1.62. The van der Waals surface area contributed by atoms with E-state index in [0.29, 0.717) is 18.1 Å². The molecular formula is C16H22N2O6. The first-order valence-electron chi connectivity index (χ1n) is 7.42. The Morgan fingerprint density at radius 3 is 2.17 bits per heavy atom. The van der Waals surface area contributed by atoms with Gasteiger partial charge in [-0.25, -0.2) is 4.79 Å². The molecule has 1 rings (SSSR count). The maximum atomic E-state index is 11.7. The maximum absolute atomic E-state index is 11.7. The van der Waals surface area contributed by atoms with Gasteiger partial charge < -0.3 is 24.4 Å². The summed E-state index contributed by atoms with van der Waals surface area (Å²) in [7, 11) is 2.92. The van der Waals surface area contributed by atoms with Crippen molar-refractivity contribution >= 4 is 17.8 Å². The summed E-state index contributed by atoms with van der Waals surface area (Å²) in [5.41, 5.74) is 0. The number of ether oxygens (including phenoxy) is 3. The van der Waals surface area contributed by atoms with Crippen LogP contribution in [0.5, 0.6) is 11.5 Å². The average Bonchev–Trinajstić information content (AvgIpc) is 2.59. The Morgan fingerprint density at radius 1 is 1.04 bits per heavy atom. The van der Waals surface area contributed by atoms with Crippen LogP contribution in [0.2, 0.25) is 0 Å². The predicted octanol–water partition coefficient (Wildman–Crippen LogP) is 0.212. The smallest absolute Gasteiger partial charge is 0.344 e. The molecule has 0 bridgehead atoms. The van der Waals surface area contributed by atoms with E-state index in [9.17, 15) is 14.4 Å². The van der Waals surface area contributed by atoms with Crippen LogP contribution in [-0.2, 0) is 19.1 Å². The van der Waals surface area contributed by atoms with Gasteiger partial charge in [-0.3, -0.25) is 9.59 Å². The van der Waals surface area contributed by atoms with Gasteiger partial charge in [0.1, 0.15) is 11.5 Å². The van der Waals surface area contributed by atoms with Gasteiger partial charge in [-0.05, 0) is 31.2 Å². The van der Waals surface area contributed by atoms with Crippen LogP contribution in [-0.4, -0.2) is 63.1 Å². The quantitative estimate of drug-likeness (QED) is 0.647. The molecule has 0 saturated carbocycles. The van der Waals surface area contributed by atoms with Crippen LogP contribution >= 0.6 is 0 Å². The molecule has 0 unspecified atom stereocenters. The molecule has 0 radical (unpaired) electrons. The van der Waals surface area contributed by atoms with E-state index in [2.05, 4.69) is 5.32 Å².